The van der Waals surface area contributed by atoms with E-state index in [1.807, 2.05) is 0 Å². The molecular weight excluding hydrogens is 472 g/mol. The minimum atomic E-state index is -1.37. The molecule has 4 unspecified atom stereocenters. The number of hydrogen-bond donors (Lipinski definition) is 7. The quantitative estimate of drug-likeness (QED) is 0.145. The number of rotatable bonds is 14. The maximum absolute atomic E-state index is 12.9. The Bertz CT molecular complexity index is 965. The lowest BCUT2D eigenvalue weighted by atomic mass is 10.0. The van der Waals surface area contributed by atoms with Gasteiger partial charge in [-0.05, 0) is 31.4 Å². The zero-order valence-corrected chi connectivity index (χ0v) is 19.7. The molecule has 9 N–H and O–H groups in total. The van der Waals surface area contributed by atoms with Crippen molar-refractivity contribution in [2.24, 2.45) is 11.5 Å². The van der Waals surface area contributed by atoms with Crippen LogP contribution in [0.2, 0.25) is 0 Å². The molecule has 0 spiro atoms. The van der Waals surface area contributed by atoms with Gasteiger partial charge >= 0.3 is 5.97 Å². The van der Waals surface area contributed by atoms with Crippen molar-refractivity contribution in [3.05, 3.63) is 35.9 Å². The van der Waals surface area contributed by atoms with E-state index in [-0.39, 0.29) is 19.3 Å². The van der Waals surface area contributed by atoms with Gasteiger partial charge in [-0.15, -0.1) is 0 Å². The Balaban J connectivity index is 2.13. The predicted octanol–water partition coefficient (Wildman–Crippen LogP) is -2.34. The molecule has 0 bridgehead atoms. The zero-order chi connectivity index (χ0) is 26.7. The third-order valence-corrected chi connectivity index (χ3v) is 5.62. The number of nitrogens with one attached hydrogen (secondary N) is 4. The molecule has 13 heteroatoms. The Morgan fingerprint density at radius 1 is 0.917 bits per heavy atom. The van der Waals surface area contributed by atoms with Crippen molar-refractivity contribution in [2.75, 3.05) is 6.54 Å². The van der Waals surface area contributed by atoms with Gasteiger partial charge in [-0.3, -0.25) is 24.0 Å². The second-order valence-electron chi connectivity index (χ2n) is 8.54. The van der Waals surface area contributed by atoms with E-state index in [9.17, 15) is 33.9 Å². The van der Waals surface area contributed by atoms with E-state index in [1.54, 1.807) is 30.3 Å². The van der Waals surface area contributed by atoms with Crippen LogP contribution >= 0.6 is 0 Å². The number of hydrogen-bond acceptors (Lipinski definition) is 7. The van der Waals surface area contributed by atoms with Crippen LogP contribution in [0, 0.1) is 0 Å². The number of carbonyl (C=O) groups excluding carboxylic acids is 5. The third-order valence-electron chi connectivity index (χ3n) is 5.62. The molecule has 1 heterocycles. The molecule has 0 aromatic heterocycles. The molecule has 1 aromatic carbocycles. The molecule has 1 aliphatic rings. The average Bonchev–Trinajstić information content (AvgIpc) is 3.36. The van der Waals surface area contributed by atoms with Gasteiger partial charge in [0, 0.05) is 12.8 Å². The molecule has 0 saturated carbocycles. The van der Waals surface area contributed by atoms with Gasteiger partial charge in [-0.2, -0.15) is 0 Å². The van der Waals surface area contributed by atoms with E-state index in [4.69, 9.17) is 11.5 Å². The number of nitrogens with two attached hydrogens (primary N) is 2. The Hall–Kier alpha value is -4.00. The van der Waals surface area contributed by atoms with Crippen molar-refractivity contribution in [3.8, 4) is 0 Å². The lowest BCUT2D eigenvalue weighted by Gasteiger charge is -2.24. The summed E-state index contributed by atoms with van der Waals surface area (Å²) < 4.78 is 0. The molecule has 196 valence electrons. The molecule has 4 atom stereocenters. The van der Waals surface area contributed by atoms with Crippen molar-refractivity contribution in [2.45, 2.75) is 62.7 Å². The van der Waals surface area contributed by atoms with E-state index in [0.29, 0.717) is 18.5 Å². The number of benzene rings is 1. The van der Waals surface area contributed by atoms with Crippen molar-refractivity contribution >= 4 is 35.5 Å². The number of carboxylic acids is 1. The molecule has 13 nitrogen and oxygen atoms in total. The smallest absolute Gasteiger partial charge is 0.326 e. The van der Waals surface area contributed by atoms with E-state index in [0.717, 1.165) is 6.42 Å². The molecule has 1 aromatic rings. The van der Waals surface area contributed by atoms with Crippen LogP contribution in [0.3, 0.4) is 0 Å². The largest absolute Gasteiger partial charge is 0.480 e. The second kappa shape index (κ2) is 13.8. The first kappa shape index (κ1) is 28.2. The topological polar surface area (TPSA) is 223 Å². The molecule has 1 fully saturated rings. The third kappa shape index (κ3) is 9.33. The SMILES string of the molecule is NC(=O)CCC(NC(=O)C(CC(N)=O)NC(=O)C1CCCN1)C(=O)NC(Cc1ccccc1)C(=O)O. The van der Waals surface area contributed by atoms with E-state index in [2.05, 4.69) is 21.3 Å². The van der Waals surface area contributed by atoms with Crippen LogP contribution in [0.25, 0.3) is 0 Å². The van der Waals surface area contributed by atoms with Gasteiger partial charge in [0.2, 0.25) is 29.5 Å². The van der Waals surface area contributed by atoms with Gasteiger partial charge in [0.15, 0.2) is 0 Å². The first-order chi connectivity index (χ1) is 17.1. The number of carbonyl (C=O) groups is 6. The predicted molar refractivity (Wildman–Crippen MR) is 127 cm³/mol. The fraction of sp³-hybridized carbons (Fsp3) is 0.478. The highest BCUT2D eigenvalue weighted by molar-refractivity contribution is 5.96. The van der Waals surface area contributed by atoms with Gasteiger partial charge < -0.3 is 37.8 Å². The number of carboxylic acid groups (broad SMARTS) is 1. The molecule has 1 saturated heterocycles. The van der Waals surface area contributed by atoms with Crippen LogP contribution in [0.5, 0.6) is 0 Å². The summed E-state index contributed by atoms with van der Waals surface area (Å²) in [4.78, 5) is 72.9. The maximum Gasteiger partial charge on any atom is 0.326 e. The normalized spacial score (nSPS) is 17.3. The first-order valence-corrected chi connectivity index (χ1v) is 11.5. The van der Waals surface area contributed by atoms with Crippen LogP contribution < -0.4 is 32.7 Å². The maximum atomic E-state index is 12.9. The standard InChI is InChI=1S/C23H32N6O7/c24-18(30)9-8-15(21(33)29-17(23(35)36)11-13-5-2-1-3-6-13)27-22(34)16(12-19(25)31)28-20(32)14-7-4-10-26-14/h1-3,5-6,14-17,26H,4,7-12H2,(H2,24,30)(H2,25,31)(H,27,34)(H,28,32)(H,29,33)(H,35,36). The van der Waals surface area contributed by atoms with Crippen LogP contribution in [-0.2, 0) is 35.2 Å². The van der Waals surface area contributed by atoms with Crippen LogP contribution in [0.4, 0.5) is 0 Å². The first-order valence-electron chi connectivity index (χ1n) is 11.5. The number of amides is 5. The zero-order valence-electron chi connectivity index (χ0n) is 19.7. The summed E-state index contributed by atoms with van der Waals surface area (Å²) in [5.74, 6) is -5.15. The van der Waals surface area contributed by atoms with Crippen molar-refractivity contribution in [3.63, 3.8) is 0 Å². The monoisotopic (exact) mass is 504 g/mol. The van der Waals surface area contributed by atoms with Crippen LogP contribution in [0.15, 0.2) is 30.3 Å². The van der Waals surface area contributed by atoms with Gasteiger partial charge in [0.25, 0.3) is 0 Å². The van der Waals surface area contributed by atoms with Crippen molar-refractivity contribution in [1.29, 1.82) is 0 Å². The summed E-state index contributed by atoms with van der Waals surface area (Å²) in [6.07, 6.45) is 0.263. The molecule has 1 aliphatic heterocycles. The van der Waals surface area contributed by atoms with E-state index >= 15 is 0 Å². The summed E-state index contributed by atoms with van der Waals surface area (Å²) in [5, 5.41) is 19.8. The van der Waals surface area contributed by atoms with E-state index < -0.39 is 66.1 Å². The Morgan fingerprint density at radius 2 is 1.56 bits per heavy atom. The Kier molecular flexibility index (Phi) is 10.8. The fourth-order valence-electron chi connectivity index (χ4n) is 3.74. The molecule has 5 amide bonds. The van der Waals surface area contributed by atoms with Crippen LogP contribution in [-0.4, -0.2) is 71.3 Å². The van der Waals surface area contributed by atoms with Gasteiger partial charge in [0.05, 0.1) is 12.5 Å². The van der Waals surface area contributed by atoms with Crippen molar-refractivity contribution < 1.29 is 33.9 Å². The van der Waals surface area contributed by atoms with Crippen molar-refractivity contribution in [1.82, 2.24) is 21.3 Å². The summed E-state index contributed by atoms with van der Waals surface area (Å²) >= 11 is 0. The summed E-state index contributed by atoms with van der Waals surface area (Å²) in [5.41, 5.74) is 11.1. The summed E-state index contributed by atoms with van der Waals surface area (Å²) in [7, 11) is 0. The molecule has 0 radical (unpaired) electrons. The highest BCUT2D eigenvalue weighted by Gasteiger charge is 2.32. The Morgan fingerprint density at radius 3 is 2.11 bits per heavy atom. The molecule has 36 heavy (non-hydrogen) atoms. The number of aliphatic carboxylic acids is 1. The van der Waals surface area contributed by atoms with Gasteiger partial charge in [-0.1, -0.05) is 30.3 Å². The lowest BCUT2D eigenvalue weighted by molar-refractivity contribution is -0.142. The number of primary amides is 2. The van der Waals surface area contributed by atoms with E-state index in [1.165, 1.54) is 0 Å². The average molecular weight is 505 g/mol. The highest BCUT2D eigenvalue weighted by atomic mass is 16.4. The van der Waals surface area contributed by atoms with Gasteiger partial charge in [0.1, 0.15) is 18.1 Å². The lowest BCUT2D eigenvalue weighted by Crippen LogP contribution is -2.58. The highest BCUT2D eigenvalue weighted by Crippen LogP contribution is 2.08. The Labute approximate surface area is 207 Å². The molecular formula is C23H32N6O7. The minimum Gasteiger partial charge on any atom is -0.480 e. The molecule has 0 aliphatic carbocycles. The van der Waals surface area contributed by atoms with Gasteiger partial charge in [-0.25, -0.2) is 4.79 Å². The summed E-state index contributed by atoms with van der Waals surface area (Å²) in [6, 6.07) is 4.02. The second-order valence-corrected chi connectivity index (χ2v) is 8.54. The summed E-state index contributed by atoms with van der Waals surface area (Å²) in [6.45, 7) is 0.633. The minimum absolute atomic E-state index is 0.0207. The molecule has 2 rings (SSSR count). The van der Waals surface area contributed by atoms with Crippen LogP contribution in [0.1, 0.15) is 37.7 Å². The fourth-order valence-corrected chi connectivity index (χ4v) is 3.74.